The van der Waals surface area contributed by atoms with E-state index in [1.165, 1.54) is 23.9 Å². The van der Waals surface area contributed by atoms with Crippen LogP contribution in [0.25, 0.3) is 0 Å². The van der Waals surface area contributed by atoms with Crippen LogP contribution in [0.5, 0.6) is 0 Å². The number of nitrogens with one attached hydrogen (secondary N) is 1. The summed E-state index contributed by atoms with van der Waals surface area (Å²) < 4.78 is 1.88. The molecular formula is C14H15Cl3N4OS. The van der Waals surface area contributed by atoms with E-state index in [9.17, 15) is 4.79 Å². The molecule has 0 saturated heterocycles. The number of carbonyl (C=O) groups is 1. The Kier molecular flexibility index (Phi) is 6.19. The molecule has 0 fully saturated rings. The second-order valence-corrected chi connectivity index (χ2v) is 7.30. The maximum atomic E-state index is 12.1. The molecular weight excluding hydrogens is 379 g/mol. The summed E-state index contributed by atoms with van der Waals surface area (Å²) in [5.41, 5.74) is 0.424. The normalized spacial score (nSPS) is 11.1. The fraction of sp³-hybridized carbons (Fsp3) is 0.357. The van der Waals surface area contributed by atoms with Gasteiger partial charge in [0.1, 0.15) is 5.82 Å². The number of carbonyl (C=O) groups excluding carboxylic acids is 1. The molecule has 0 saturated carbocycles. The molecule has 1 heterocycles. The van der Waals surface area contributed by atoms with Crippen molar-refractivity contribution in [3.8, 4) is 0 Å². The summed E-state index contributed by atoms with van der Waals surface area (Å²) in [6, 6.07) is 3.01. The van der Waals surface area contributed by atoms with Gasteiger partial charge >= 0.3 is 0 Å². The third kappa shape index (κ3) is 4.53. The number of rotatable bonds is 5. The molecule has 0 aliphatic heterocycles. The highest BCUT2D eigenvalue weighted by molar-refractivity contribution is 7.99. The summed E-state index contributed by atoms with van der Waals surface area (Å²) in [5.74, 6) is 1.11. The van der Waals surface area contributed by atoms with Crippen LogP contribution >= 0.6 is 46.6 Å². The molecule has 2 aromatic rings. The predicted octanol–water partition coefficient (Wildman–Crippen LogP) is 4.63. The van der Waals surface area contributed by atoms with Gasteiger partial charge in [-0.3, -0.25) is 4.79 Å². The molecule has 0 bridgehead atoms. The van der Waals surface area contributed by atoms with Crippen molar-refractivity contribution < 1.29 is 4.79 Å². The van der Waals surface area contributed by atoms with Crippen LogP contribution in [0, 0.1) is 0 Å². The lowest BCUT2D eigenvalue weighted by molar-refractivity contribution is -0.113. The Bertz CT molecular complexity index is 733. The van der Waals surface area contributed by atoms with Gasteiger partial charge in [-0.1, -0.05) is 60.4 Å². The molecule has 0 aliphatic carbocycles. The van der Waals surface area contributed by atoms with Crippen molar-refractivity contribution >= 4 is 58.2 Å². The number of hydrogen-bond donors (Lipinski definition) is 1. The van der Waals surface area contributed by atoms with Crippen molar-refractivity contribution in [2.75, 3.05) is 11.1 Å². The van der Waals surface area contributed by atoms with Crippen LogP contribution in [0.4, 0.5) is 5.69 Å². The zero-order valence-electron chi connectivity index (χ0n) is 12.7. The van der Waals surface area contributed by atoms with Crippen LogP contribution < -0.4 is 5.32 Å². The minimum absolute atomic E-state index is 0.181. The van der Waals surface area contributed by atoms with Gasteiger partial charge in [0, 0.05) is 13.0 Å². The second kappa shape index (κ2) is 7.75. The molecule has 0 atom stereocenters. The summed E-state index contributed by atoms with van der Waals surface area (Å²) in [6.45, 7) is 4.08. The van der Waals surface area contributed by atoms with Gasteiger partial charge in [0.15, 0.2) is 5.16 Å². The van der Waals surface area contributed by atoms with Crippen molar-refractivity contribution in [1.82, 2.24) is 14.8 Å². The Morgan fingerprint density at radius 1 is 1.22 bits per heavy atom. The molecule has 9 heteroatoms. The summed E-state index contributed by atoms with van der Waals surface area (Å²) in [5, 5.41) is 12.6. The molecule has 23 heavy (non-hydrogen) atoms. The van der Waals surface area contributed by atoms with Crippen molar-refractivity contribution in [3.05, 3.63) is 33.0 Å². The third-order valence-electron chi connectivity index (χ3n) is 3.00. The highest BCUT2D eigenvalue weighted by atomic mass is 35.5. The minimum atomic E-state index is -0.218. The number of amides is 1. The summed E-state index contributed by atoms with van der Waals surface area (Å²) >= 11 is 19.1. The number of anilines is 1. The molecule has 0 unspecified atom stereocenters. The molecule has 2 rings (SSSR count). The number of nitrogens with zero attached hydrogens (tertiary/aromatic N) is 3. The molecule has 1 N–H and O–H groups in total. The van der Waals surface area contributed by atoms with Crippen LogP contribution in [0.15, 0.2) is 17.3 Å². The Labute approximate surface area is 153 Å². The average molecular weight is 394 g/mol. The molecule has 124 valence electrons. The summed E-state index contributed by atoms with van der Waals surface area (Å²) in [6.07, 6.45) is 0. The van der Waals surface area contributed by atoms with Gasteiger partial charge in [-0.25, -0.2) is 0 Å². The Morgan fingerprint density at radius 2 is 1.87 bits per heavy atom. The summed E-state index contributed by atoms with van der Waals surface area (Å²) in [7, 11) is 1.88. The lowest BCUT2D eigenvalue weighted by atomic mass is 10.2. The minimum Gasteiger partial charge on any atom is -0.324 e. The number of halogens is 3. The van der Waals surface area contributed by atoms with Gasteiger partial charge in [-0.05, 0) is 12.1 Å². The van der Waals surface area contributed by atoms with Gasteiger partial charge in [-0.15, -0.1) is 10.2 Å². The quantitative estimate of drug-likeness (QED) is 0.594. The maximum absolute atomic E-state index is 12.1. The predicted molar refractivity (Wildman–Crippen MR) is 95.9 cm³/mol. The largest absolute Gasteiger partial charge is 0.324 e. The fourth-order valence-corrected chi connectivity index (χ4v) is 3.20. The van der Waals surface area contributed by atoms with Crippen LogP contribution in [0.2, 0.25) is 15.1 Å². The SMILES string of the molecule is CC(C)c1nnc(SCC(=O)Nc2cc(Cl)c(Cl)cc2Cl)n1C. The highest BCUT2D eigenvalue weighted by Crippen LogP contribution is 2.32. The van der Waals surface area contributed by atoms with E-state index in [4.69, 9.17) is 34.8 Å². The lowest BCUT2D eigenvalue weighted by Crippen LogP contribution is -2.15. The topological polar surface area (TPSA) is 59.8 Å². The maximum Gasteiger partial charge on any atom is 0.234 e. The smallest absolute Gasteiger partial charge is 0.234 e. The molecule has 1 amide bonds. The van der Waals surface area contributed by atoms with E-state index in [1.54, 1.807) is 0 Å². The second-order valence-electron chi connectivity index (χ2n) is 5.14. The van der Waals surface area contributed by atoms with Gasteiger partial charge in [0.2, 0.25) is 5.91 Å². The van der Waals surface area contributed by atoms with E-state index in [0.717, 1.165) is 5.82 Å². The van der Waals surface area contributed by atoms with E-state index in [0.29, 0.717) is 25.9 Å². The van der Waals surface area contributed by atoms with Gasteiger partial charge in [0.25, 0.3) is 0 Å². The Balaban J connectivity index is 2.00. The first-order chi connectivity index (χ1) is 10.8. The number of hydrogen-bond acceptors (Lipinski definition) is 4. The van der Waals surface area contributed by atoms with Crippen molar-refractivity contribution in [1.29, 1.82) is 0 Å². The van der Waals surface area contributed by atoms with Crippen molar-refractivity contribution in [2.45, 2.75) is 24.9 Å². The number of thioether (sulfide) groups is 1. The first-order valence-corrected chi connectivity index (χ1v) is 8.88. The zero-order chi connectivity index (χ0) is 17.1. The van der Waals surface area contributed by atoms with Gasteiger partial charge in [-0.2, -0.15) is 0 Å². The standard InChI is InChI=1S/C14H15Cl3N4OS/c1-7(2)13-19-20-14(21(13)3)23-6-12(22)18-11-5-9(16)8(15)4-10(11)17/h4-5,7H,6H2,1-3H3,(H,18,22). The summed E-state index contributed by atoms with van der Waals surface area (Å²) in [4.78, 5) is 12.1. The highest BCUT2D eigenvalue weighted by Gasteiger charge is 2.14. The van der Waals surface area contributed by atoms with E-state index in [-0.39, 0.29) is 17.6 Å². The molecule has 5 nitrogen and oxygen atoms in total. The van der Waals surface area contributed by atoms with Crippen molar-refractivity contribution in [2.24, 2.45) is 7.05 Å². The molecule has 1 aromatic heterocycles. The lowest BCUT2D eigenvalue weighted by Gasteiger charge is -2.09. The number of aromatic nitrogens is 3. The molecule has 0 aliphatic rings. The van der Waals surface area contributed by atoms with Crippen LogP contribution in [0.1, 0.15) is 25.6 Å². The van der Waals surface area contributed by atoms with Gasteiger partial charge in [0.05, 0.1) is 26.5 Å². The van der Waals surface area contributed by atoms with E-state index in [2.05, 4.69) is 15.5 Å². The van der Waals surface area contributed by atoms with Crippen LogP contribution in [-0.2, 0) is 11.8 Å². The third-order valence-corrected chi connectivity index (χ3v) is 5.06. The van der Waals surface area contributed by atoms with Crippen LogP contribution in [0.3, 0.4) is 0 Å². The first kappa shape index (κ1) is 18.4. The van der Waals surface area contributed by atoms with Crippen LogP contribution in [-0.4, -0.2) is 26.4 Å². The van der Waals surface area contributed by atoms with E-state index >= 15 is 0 Å². The Hall–Kier alpha value is -0.950. The van der Waals surface area contributed by atoms with E-state index in [1.807, 2.05) is 25.5 Å². The number of benzene rings is 1. The first-order valence-electron chi connectivity index (χ1n) is 6.76. The van der Waals surface area contributed by atoms with Gasteiger partial charge < -0.3 is 9.88 Å². The van der Waals surface area contributed by atoms with E-state index < -0.39 is 0 Å². The molecule has 1 aromatic carbocycles. The van der Waals surface area contributed by atoms with Crippen molar-refractivity contribution in [3.63, 3.8) is 0 Å². The monoisotopic (exact) mass is 392 g/mol. The fourth-order valence-electron chi connectivity index (χ4n) is 1.89. The zero-order valence-corrected chi connectivity index (χ0v) is 15.8. The Morgan fingerprint density at radius 3 is 2.48 bits per heavy atom. The molecule has 0 radical (unpaired) electrons. The average Bonchev–Trinajstić information content (AvgIpc) is 2.84. The molecule has 0 spiro atoms.